The van der Waals surface area contributed by atoms with Crippen LogP contribution in [-0.4, -0.2) is 48.4 Å². The Morgan fingerprint density at radius 3 is 2.31 bits per heavy atom. The molecule has 3 aromatic rings. The van der Waals surface area contributed by atoms with Gasteiger partial charge >= 0.3 is 0 Å². The molecular formula is C31H38N2O3. The van der Waals surface area contributed by atoms with Crippen molar-refractivity contribution >= 4 is 5.69 Å². The molecule has 2 aliphatic rings. The van der Waals surface area contributed by atoms with Crippen LogP contribution in [0.2, 0.25) is 0 Å². The number of nitrogens with zero attached hydrogens (tertiary/aromatic N) is 2. The predicted octanol–water partition coefficient (Wildman–Crippen LogP) is 5.87. The minimum Gasteiger partial charge on any atom is -0.508 e. The van der Waals surface area contributed by atoms with E-state index in [1.54, 1.807) is 12.1 Å². The Morgan fingerprint density at radius 2 is 1.58 bits per heavy atom. The van der Waals surface area contributed by atoms with Crippen LogP contribution in [0.3, 0.4) is 0 Å². The van der Waals surface area contributed by atoms with E-state index in [4.69, 9.17) is 4.74 Å². The van der Waals surface area contributed by atoms with E-state index in [2.05, 4.69) is 41.1 Å². The van der Waals surface area contributed by atoms with E-state index in [9.17, 15) is 10.2 Å². The molecule has 36 heavy (non-hydrogen) atoms. The standard InChI is InChI=1S/C31H38N2O3/c1-32(22-23-6-12-29(13-7-23)36-17-16-33-14-4-2-3-5-15-33)31-21-28(35)19-26-18-25(20-30(26)31)24-8-10-27(34)11-9-24/h6-13,19,21,25,34-35H,2-5,14-18,20,22H2,1H3. The summed E-state index contributed by atoms with van der Waals surface area (Å²) in [6.07, 6.45) is 7.17. The Hall–Kier alpha value is -3.18. The van der Waals surface area contributed by atoms with Crippen LogP contribution >= 0.6 is 0 Å². The third-order valence-corrected chi connectivity index (χ3v) is 7.71. The molecule has 0 bridgehead atoms. The first kappa shape index (κ1) is 24.5. The molecule has 1 aliphatic heterocycles. The summed E-state index contributed by atoms with van der Waals surface area (Å²) in [4.78, 5) is 4.75. The molecule has 1 saturated heterocycles. The van der Waals surface area contributed by atoms with Crippen LogP contribution in [0, 0.1) is 0 Å². The van der Waals surface area contributed by atoms with Crippen molar-refractivity contribution in [3.63, 3.8) is 0 Å². The minimum atomic E-state index is 0.293. The Bertz CT molecular complexity index is 1140. The zero-order valence-corrected chi connectivity index (χ0v) is 21.3. The van der Waals surface area contributed by atoms with Gasteiger partial charge in [0.1, 0.15) is 23.9 Å². The normalized spacial score (nSPS) is 18.0. The predicted molar refractivity (Wildman–Crippen MR) is 145 cm³/mol. The highest BCUT2D eigenvalue weighted by molar-refractivity contribution is 5.63. The lowest BCUT2D eigenvalue weighted by Crippen LogP contribution is -2.29. The van der Waals surface area contributed by atoms with Crippen molar-refractivity contribution in [2.75, 3.05) is 38.2 Å². The van der Waals surface area contributed by atoms with Gasteiger partial charge < -0.3 is 19.8 Å². The molecule has 190 valence electrons. The van der Waals surface area contributed by atoms with E-state index in [0.717, 1.165) is 44.0 Å². The number of phenols is 2. The van der Waals surface area contributed by atoms with Crippen LogP contribution in [-0.2, 0) is 19.4 Å². The zero-order valence-electron chi connectivity index (χ0n) is 21.3. The van der Waals surface area contributed by atoms with E-state index < -0.39 is 0 Å². The number of fused-ring (bicyclic) bond motifs is 1. The van der Waals surface area contributed by atoms with E-state index in [1.807, 2.05) is 24.3 Å². The summed E-state index contributed by atoms with van der Waals surface area (Å²) in [5.74, 6) is 1.89. The number of likely N-dealkylation sites (tertiary alicyclic amines) is 1. The van der Waals surface area contributed by atoms with Crippen LogP contribution < -0.4 is 9.64 Å². The van der Waals surface area contributed by atoms with Gasteiger partial charge in [-0.05, 0) is 97.3 Å². The summed E-state index contributed by atoms with van der Waals surface area (Å²) in [7, 11) is 2.09. The second kappa shape index (κ2) is 11.3. The van der Waals surface area contributed by atoms with Gasteiger partial charge in [0.2, 0.25) is 0 Å². The van der Waals surface area contributed by atoms with E-state index >= 15 is 0 Å². The van der Waals surface area contributed by atoms with Crippen LogP contribution in [0.5, 0.6) is 17.2 Å². The van der Waals surface area contributed by atoms with Gasteiger partial charge in [0.05, 0.1) is 0 Å². The van der Waals surface area contributed by atoms with Crippen LogP contribution in [0.25, 0.3) is 0 Å². The average molecular weight is 487 g/mol. The molecule has 1 unspecified atom stereocenters. The number of hydrogen-bond acceptors (Lipinski definition) is 5. The van der Waals surface area contributed by atoms with Gasteiger partial charge in [-0.15, -0.1) is 0 Å². The largest absolute Gasteiger partial charge is 0.508 e. The molecule has 5 heteroatoms. The number of rotatable bonds is 8. The lowest BCUT2D eigenvalue weighted by molar-refractivity contribution is 0.214. The fourth-order valence-corrected chi connectivity index (χ4v) is 5.73. The molecule has 0 amide bonds. The summed E-state index contributed by atoms with van der Waals surface area (Å²) >= 11 is 0. The molecule has 5 nitrogen and oxygen atoms in total. The first-order valence-corrected chi connectivity index (χ1v) is 13.3. The lowest BCUT2D eigenvalue weighted by Gasteiger charge is -2.23. The number of benzene rings is 3. The molecule has 1 heterocycles. The van der Waals surface area contributed by atoms with Gasteiger partial charge in [-0.2, -0.15) is 0 Å². The zero-order chi connectivity index (χ0) is 24.9. The average Bonchev–Trinajstić information content (AvgIpc) is 3.12. The molecular weight excluding hydrogens is 448 g/mol. The Morgan fingerprint density at radius 1 is 0.861 bits per heavy atom. The third-order valence-electron chi connectivity index (χ3n) is 7.71. The molecule has 1 fully saturated rings. The first-order valence-electron chi connectivity index (χ1n) is 13.3. The highest BCUT2D eigenvalue weighted by Crippen LogP contribution is 2.41. The number of hydrogen-bond donors (Lipinski definition) is 2. The second-order valence-electron chi connectivity index (χ2n) is 10.4. The van der Waals surface area contributed by atoms with Gasteiger partial charge in [-0.25, -0.2) is 0 Å². The van der Waals surface area contributed by atoms with Crippen molar-refractivity contribution in [2.24, 2.45) is 0 Å². The van der Waals surface area contributed by atoms with Crippen molar-refractivity contribution in [3.8, 4) is 17.2 Å². The first-order chi connectivity index (χ1) is 17.5. The van der Waals surface area contributed by atoms with Crippen molar-refractivity contribution in [3.05, 3.63) is 82.9 Å². The van der Waals surface area contributed by atoms with E-state index in [1.165, 1.54) is 61.0 Å². The molecule has 0 radical (unpaired) electrons. The Labute approximate surface area is 214 Å². The van der Waals surface area contributed by atoms with Crippen molar-refractivity contribution in [1.29, 1.82) is 0 Å². The number of ether oxygens (including phenoxy) is 1. The monoisotopic (exact) mass is 486 g/mol. The maximum Gasteiger partial charge on any atom is 0.119 e. The highest BCUT2D eigenvalue weighted by Gasteiger charge is 2.27. The minimum absolute atomic E-state index is 0.293. The van der Waals surface area contributed by atoms with Crippen LogP contribution in [0.1, 0.15) is 53.9 Å². The maximum atomic E-state index is 10.4. The summed E-state index contributed by atoms with van der Waals surface area (Å²) in [5.41, 5.74) is 6.04. The van der Waals surface area contributed by atoms with Gasteiger partial charge in [-0.3, -0.25) is 4.90 Å². The summed E-state index contributed by atoms with van der Waals surface area (Å²) < 4.78 is 6.03. The van der Waals surface area contributed by atoms with Gasteiger partial charge in [-0.1, -0.05) is 37.1 Å². The number of phenolic OH excluding ortho intramolecular Hbond substituents is 2. The van der Waals surface area contributed by atoms with E-state index in [-0.39, 0.29) is 0 Å². The maximum absolute atomic E-state index is 10.4. The number of aromatic hydroxyl groups is 2. The summed E-state index contributed by atoms with van der Waals surface area (Å²) in [5, 5.41) is 20.1. The van der Waals surface area contributed by atoms with Crippen molar-refractivity contribution in [1.82, 2.24) is 4.90 Å². The summed E-state index contributed by atoms with van der Waals surface area (Å²) in [6.45, 7) is 4.88. The van der Waals surface area contributed by atoms with E-state index in [0.29, 0.717) is 17.4 Å². The molecule has 2 N–H and O–H groups in total. The second-order valence-corrected chi connectivity index (χ2v) is 10.4. The topological polar surface area (TPSA) is 56.2 Å². The molecule has 1 aliphatic carbocycles. The summed E-state index contributed by atoms with van der Waals surface area (Å²) in [6, 6.07) is 19.7. The van der Waals surface area contributed by atoms with Crippen LogP contribution in [0.15, 0.2) is 60.7 Å². The Kier molecular flexibility index (Phi) is 7.66. The van der Waals surface area contributed by atoms with Gasteiger partial charge in [0, 0.05) is 31.9 Å². The van der Waals surface area contributed by atoms with Crippen molar-refractivity contribution in [2.45, 2.75) is 51.0 Å². The molecule has 1 atom stereocenters. The molecule has 0 aromatic heterocycles. The fraction of sp³-hybridized carbons (Fsp3) is 0.419. The van der Waals surface area contributed by atoms with Crippen LogP contribution in [0.4, 0.5) is 5.69 Å². The molecule has 3 aromatic carbocycles. The highest BCUT2D eigenvalue weighted by atomic mass is 16.5. The fourth-order valence-electron chi connectivity index (χ4n) is 5.73. The van der Waals surface area contributed by atoms with Gasteiger partial charge in [0.15, 0.2) is 0 Å². The molecule has 5 rings (SSSR count). The SMILES string of the molecule is CN(Cc1ccc(OCCN2CCCCCC2)cc1)c1cc(O)cc2c1CC(c1ccc(O)cc1)C2. The van der Waals surface area contributed by atoms with Crippen molar-refractivity contribution < 1.29 is 14.9 Å². The quantitative estimate of drug-likeness (QED) is 0.417. The van der Waals surface area contributed by atoms with Gasteiger partial charge in [0.25, 0.3) is 0 Å². The molecule has 0 saturated carbocycles. The lowest BCUT2D eigenvalue weighted by atomic mass is 9.96. The smallest absolute Gasteiger partial charge is 0.119 e. The Balaban J connectivity index is 1.19. The number of anilines is 1. The molecule has 0 spiro atoms. The third kappa shape index (κ3) is 5.96.